The van der Waals surface area contributed by atoms with E-state index < -0.39 is 10.0 Å². The molecule has 1 saturated heterocycles. The Morgan fingerprint density at radius 2 is 1.52 bits per heavy atom. The van der Waals surface area contributed by atoms with Gasteiger partial charge in [0.25, 0.3) is 0 Å². The standard InChI is InChI=1S/C23H32N2O5S/c1-3-28-22-12-11-21(19-23(22)29-4-2)31(26,27)25-16-14-24(15-17-25)13-8-18-30-20-9-6-5-7-10-20/h5-7,9-12,19H,3-4,8,13-18H2,1-2H3. The van der Waals surface area contributed by atoms with Gasteiger partial charge in [-0.15, -0.1) is 0 Å². The summed E-state index contributed by atoms with van der Waals surface area (Å²) in [5, 5.41) is 0. The van der Waals surface area contributed by atoms with Crippen molar-refractivity contribution in [1.29, 1.82) is 0 Å². The molecule has 0 radical (unpaired) electrons. The minimum atomic E-state index is -3.57. The highest BCUT2D eigenvalue weighted by molar-refractivity contribution is 7.89. The molecular formula is C23H32N2O5S. The van der Waals surface area contributed by atoms with Gasteiger partial charge in [0, 0.05) is 38.8 Å². The average Bonchev–Trinajstić information content (AvgIpc) is 2.79. The van der Waals surface area contributed by atoms with E-state index in [9.17, 15) is 8.42 Å². The fourth-order valence-corrected chi connectivity index (χ4v) is 4.97. The van der Waals surface area contributed by atoms with Crippen LogP contribution < -0.4 is 14.2 Å². The first kappa shape index (κ1) is 23.4. The third-order valence-corrected chi connectivity index (χ3v) is 7.01. The molecule has 31 heavy (non-hydrogen) atoms. The van der Waals surface area contributed by atoms with Gasteiger partial charge >= 0.3 is 0 Å². The van der Waals surface area contributed by atoms with Crippen molar-refractivity contribution >= 4 is 10.0 Å². The van der Waals surface area contributed by atoms with Gasteiger partial charge in [-0.1, -0.05) is 18.2 Å². The first-order chi connectivity index (χ1) is 15.0. The molecule has 0 N–H and O–H groups in total. The van der Waals surface area contributed by atoms with Crippen LogP contribution in [0.25, 0.3) is 0 Å². The third kappa shape index (κ3) is 6.35. The third-order valence-electron chi connectivity index (χ3n) is 5.11. The second-order valence-electron chi connectivity index (χ2n) is 7.24. The quantitative estimate of drug-likeness (QED) is 0.492. The molecule has 8 heteroatoms. The SMILES string of the molecule is CCOc1ccc(S(=O)(=O)N2CCN(CCCOc3ccccc3)CC2)cc1OCC. The van der Waals surface area contributed by atoms with E-state index in [4.69, 9.17) is 14.2 Å². The van der Waals surface area contributed by atoms with Gasteiger partial charge in [-0.2, -0.15) is 4.31 Å². The van der Waals surface area contributed by atoms with Crippen molar-refractivity contribution in [2.24, 2.45) is 0 Å². The number of piperazine rings is 1. The predicted molar refractivity (Wildman–Crippen MR) is 121 cm³/mol. The average molecular weight is 449 g/mol. The lowest BCUT2D eigenvalue weighted by molar-refractivity contribution is 0.174. The molecule has 0 atom stereocenters. The Balaban J connectivity index is 1.51. The van der Waals surface area contributed by atoms with Crippen molar-refractivity contribution in [2.75, 3.05) is 52.5 Å². The largest absolute Gasteiger partial charge is 0.494 e. The molecule has 0 bridgehead atoms. The van der Waals surface area contributed by atoms with Crippen LogP contribution in [0.1, 0.15) is 20.3 Å². The summed E-state index contributed by atoms with van der Waals surface area (Å²) in [5.41, 5.74) is 0. The van der Waals surface area contributed by atoms with Crippen LogP contribution in [0.5, 0.6) is 17.2 Å². The number of rotatable bonds is 11. The van der Waals surface area contributed by atoms with Crippen molar-refractivity contribution < 1.29 is 22.6 Å². The van der Waals surface area contributed by atoms with Gasteiger partial charge < -0.3 is 19.1 Å². The number of para-hydroxylation sites is 1. The highest BCUT2D eigenvalue weighted by atomic mass is 32.2. The van der Waals surface area contributed by atoms with Crippen LogP contribution in [0.2, 0.25) is 0 Å². The number of nitrogens with zero attached hydrogens (tertiary/aromatic N) is 2. The van der Waals surface area contributed by atoms with Gasteiger partial charge in [0.2, 0.25) is 10.0 Å². The fraction of sp³-hybridized carbons (Fsp3) is 0.478. The number of hydrogen-bond donors (Lipinski definition) is 0. The van der Waals surface area contributed by atoms with E-state index in [1.54, 1.807) is 22.5 Å². The monoisotopic (exact) mass is 448 g/mol. The zero-order chi connectivity index (χ0) is 22.1. The predicted octanol–water partition coefficient (Wildman–Crippen LogP) is 3.26. The highest BCUT2D eigenvalue weighted by Crippen LogP contribution is 2.31. The first-order valence-electron chi connectivity index (χ1n) is 10.8. The molecule has 1 fully saturated rings. The van der Waals surface area contributed by atoms with Gasteiger partial charge in [0.1, 0.15) is 5.75 Å². The maximum absolute atomic E-state index is 13.1. The topological polar surface area (TPSA) is 68.3 Å². The second-order valence-corrected chi connectivity index (χ2v) is 9.17. The summed E-state index contributed by atoms with van der Waals surface area (Å²) in [5.74, 6) is 1.90. The summed E-state index contributed by atoms with van der Waals surface area (Å²) in [6.07, 6.45) is 0.901. The molecule has 170 valence electrons. The summed E-state index contributed by atoms with van der Waals surface area (Å²) in [6.45, 7) is 8.57. The summed E-state index contributed by atoms with van der Waals surface area (Å²) in [6, 6.07) is 14.6. The van der Waals surface area contributed by atoms with E-state index in [-0.39, 0.29) is 4.90 Å². The van der Waals surface area contributed by atoms with Gasteiger partial charge in [0.05, 0.1) is 24.7 Å². The fourth-order valence-electron chi connectivity index (χ4n) is 3.53. The molecule has 1 aliphatic heterocycles. The molecule has 1 heterocycles. The maximum Gasteiger partial charge on any atom is 0.243 e. The van der Waals surface area contributed by atoms with E-state index >= 15 is 0 Å². The molecule has 0 aromatic heterocycles. The van der Waals surface area contributed by atoms with E-state index in [0.717, 1.165) is 18.7 Å². The van der Waals surface area contributed by atoms with Crippen LogP contribution in [0, 0.1) is 0 Å². The molecule has 0 amide bonds. The van der Waals surface area contributed by atoms with Gasteiger partial charge in [-0.05, 0) is 44.5 Å². The van der Waals surface area contributed by atoms with E-state index in [0.29, 0.717) is 57.5 Å². The summed E-state index contributed by atoms with van der Waals surface area (Å²) in [4.78, 5) is 2.52. The number of hydrogen-bond acceptors (Lipinski definition) is 6. The zero-order valence-corrected chi connectivity index (χ0v) is 19.1. The Morgan fingerprint density at radius 3 is 2.19 bits per heavy atom. The first-order valence-corrected chi connectivity index (χ1v) is 12.3. The Labute approximate surface area is 185 Å². The van der Waals surface area contributed by atoms with Crippen LogP contribution >= 0.6 is 0 Å². The number of benzene rings is 2. The Morgan fingerprint density at radius 1 is 0.839 bits per heavy atom. The van der Waals surface area contributed by atoms with E-state index in [1.807, 2.05) is 44.2 Å². The normalized spacial score (nSPS) is 15.5. The Kier molecular flexibility index (Phi) is 8.57. The number of ether oxygens (including phenoxy) is 3. The van der Waals surface area contributed by atoms with E-state index in [2.05, 4.69) is 4.90 Å². The molecular weight excluding hydrogens is 416 g/mol. The van der Waals surface area contributed by atoms with Gasteiger partial charge in [0.15, 0.2) is 11.5 Å². The van der Waals surface area contributed by atoms with Gasteiger partial charge in [-0.3, -0.25) is 0 Å². The minimum absolute atomic E-state index is 0.240. The maximum atomic E-state index is 13.1. The van der Waals surface area contributed by atoms with Crippen LogP contribution in [0.15, 0.2) is 53.4 Å². The molecule has 0 unspecified atom stereocenters. The lowest BCUT2D eigenvalue weighted by Gasteiger charge is -2.34. The van der Waals surface area contributed by atoms with Crippen LogP contribution in [0.3, 0.4) is 0 Å². The van der Waals surface area contributed by atoms with Crippen molar-refractivity contribution in [3.63, 3.8) is 0 Å². The van der Waals surface area contributed by atoms with Crippen LogP contribution in [-0.2, 0) is 10.0 Å². The zero-order valence-electron chi connectivity index (χ0n) is 18.3. The van der Waals surface area contributed by atoms with Crippen molar-refractivity contribution in [3.05, 3.63) is 48.5 Å². The molecule has 1 aliphatic rings. The lowest BCUT2D eigenvalue weighted by Crippen LogP contribution is -2.48. The molecule has 3 rings (SSSR count). The van der Waals surface area contributed by atoms with E-state index in [1.165, 1.54) is 0 Å². The van der Waals surface area contributed by atoms with Gasteiger partial charge in [-0.25, -0.2) is 8.42 Å². The molecule has 0 spiro atoms. The minimum Gasteiger partial charge on any atom is -0.494 e. The number of sulfonamides is 1. The molecule has 2 aromatic carbocycles. The summed E-state index contributed by atoms with van der Waals surface area (Å²) in [7, 11) is -3.57. The van der Waals surface area contributed by atoms with Crippen molar-refractivity contribution in [3.8, 4) is 17.2 Å². The molecule has 7 nitrogen and oxygen atoms in total. The molecule has 2 aromatic rings. The summed E-state index contributed by atoms with van der Waals surface area (Å²) < 4.78 is 44.7. The highest BCUT2D eigenvalue weighted by Gasteiger charge is 2.29. The molecule has 0 saturated carbocycles. The summed E-state index contributed by atoms with van der Waals surface area (Å²) >= 11 is 0. The molecule has 0 aliphatic carbocycles. The second kappa shape index (κ2) is 11.4. The smallest absolute Gasteiger partial charge is 0.243 e. The Hall–Kier alpha value is -2.29. The van der Waals surface area contributed by atoms with Crippen molar-refractivity contribution in [2.45, 2.75) is 25.2 Å². The van der Waals surface area contributed by atoms with Crippen LogP contribution in [-0.4, -0.2) is 70.2 Å². The lowest BCUT2D eigenvalue weighted by atomic mass is 10.3. The van der Waals surface area contributed by atoms with Crippen LogP contribution in [0.4, 0.5) is 0 Å². The van der Waals surface area contributed by atoms with Crippen molar-refractivity contribution in [1.82, 2.24) is 9.21 Å². The Bertz CT molecular complexity index is 913.